The third-order valence-corrected chi connectivity index (χ3v) is 5.46. The average Bonchev–Trinajstić information content (AvgIpc) is 2.85. The Kier molecular flexibility index (Phi) is 9.57. The number of halogens is 1. The summed E-state index contributed by atoms with van der Waals surface area (Å²) in [6.07, 6.45) is 1.56. The van der Waals surface area contributed by atoms with Crippen LogP contribution in [0.15, 0.2) is 65.8 Å². The van der Waals surface area contributed by atoms with Gasteiger partial charge in [-0.2, -0.15) is 5.10 Å². The number of rotatable bonds is 11. The summed E-state index contributed by atoms with van der Waals surface area (Å²) in [6.45, 7) is 5.29. The fraction of sp³-hybridized carbons (Fsp3) is 0.231. The Bertz CT molecular complexity index is 1140. The molecule has 0 atom stereocenters. The molecule has 3 aromatic carbocycles. The molecule has 3 aromatic rings. The number of carbonyl (C=O) groups is 1. The lowest BCUT2D eigenvalue weighted by atomic mass is 10.2. The monoisotopic (exact) mass is 574 g/mol. The maximum atomic E-state index is 12.6. The standard InChI is InChI=1S/C26H27IN2O5/c1-4-32-24-14-19(13-21(27)25(24)33-5-2)16-28-29-26(30)20-11-12-22(23(15-20)31-3)34-17-18-9-7-6-8-10-18/h6-16H,4-5,17H2,1-3H3,(H,29,30)/b28-16+. The van der Waals surface area contributed by atoms with Crippen molar-refractivity contribution in [3.8, 4) is 23.0 Å². The van der Waals surface area contributed by atoms with Crippen molar-refractivity contribution in [3.63, 3.8) is 0 Å². The predicted octanol–water partition coefficient (Wildman–Crippen LogP) is 5.44. The molecule has 0 aliphatic heterocycles. The lowest BCUT2D eigenvalue weighted by molar-refractivity contribution is 0.0954. The normalized spacial score (nSPS) is 10.7. The van der Waals surface area contributed by atoms with Crippen molar-refractivity contribution in [1.29, 1.82) is 0 Å². The number of nitrogens with one attached hydrogen (secondary N) is 1. The van der Waals surface area contributed by atoms with Gasteiger partial charge in [-0.05, 0) is 77.9 Å². The lowest BCUT2D eigenvalue weighted by Crippen LogP contribution is -2.17. The van der Waals surface area contributed by atoms with E-state index >= 15 is 0 Å². The van der Waals surface area contributed by atoms with Gasteiger partial charge in [-0.3, -0.25) is 4.79 Å². The Morgan fingerprint density at radius 1 is 0.941 bits per heavy atom. The number of carbonyl (C=O) groups excluding carboxylic acids is 1. The molecule has 0 radical (unpaired) electrons. The van der Waals surface area contributed by atoms with E-state index in [-0.39, 0.29) is 5.91 Å². The minimum atomic E-state index is -0.366. The van der Waals surface area contributed by atoms with Crippen LogP contribution in [0.5, 0.6) is 23.0 Å². The van der Waals surface area contributed by atoms with Crippen LogP contribution < -0.4 is 24.4 Å². The maximum Gasteiger partial charge on any atom is 0.271 e. The number of hydrogen-bond acceptors (Lipinski definition) is 6. The first-order valence-electron chi connectivity index (χ1n) is 10.8. The zero-order valence-electron chi connectivity index (χ0n) is 19.3. The third kappa shape index (κ3) is 6.86. The Balaban J connectivity index is 1.67. The quantitative estimate of drug-likeness (QED) is 0.188. The summed E-state index contributed by atoms with van der Waals surface area (Å²) in [4.78, 5) is 12.6. The van der Waals surface area contributed by atoms with Gasteiger partial charge in [-0.1, -0.05) is 30.3 Å². The summed E-state index contributed by atoms with van der Waals surface area (Å²) in [5.41, 5.74) is 4.76. The minimum absolute atomic E-state index is 0.366. The van der Waals surface area contributed by atoms with Crippen molar-refractivity contribution in [2.75, 3.05) is 20.3 Å². The number of ether oxygens (including phenoxy) is 4. The number of methoxy groups -OCH3 is 1. The van der Waals surface area contributed by atoms with Crippen LogP contribution in [0.1, 0.15) is 35.3 Å². The van der Waals surface area contributed by atoms with E-state index in [0.29, 0.717) is 48.4 Å². The van der Waals surface area contributed by atoms with Crippen LogP contribution in [-0.2, 0) is 6.61 Å². The van der Waals surface area contributed by atoms with Crippen LogP contribution in [0, 0.1) is 3.57 Å². The second-order valence-electron chi connectivity index (χ2n) is 7.04. The zero-order chi connectivity index (χ0) is 24.3. The molecule has 0 aliphatic carbocycles. The summed E-state index contributed by atoms with van der Waals surface area (Å²) in [7, 11) is 1.54. The van der Waals surface area contributed by atoms with E-state index in [9.17, 15) is 4.79 Å². The highest BCUT2D eigenvalue weighted by Gasteiger charge is 2.13. The van der Waals surface area contributed by atoms with E-state index in [1.165, 1.54) is 7.11 Å². The highest BCUT2D eigenvalue weighted by molar-refractivity contribution is 14.1. The first-order chi connectivity index (χ1) is 16.5. The van der Waals surface area contributed by atoms with Crippen molar-refractivity contribution >= 4 is 34.7 Å². The molecule has 8 heteroatoms. The second kappa shape index (κ2) is 12.8. The van der Waals surface area contributed by atoms with Crippen LogP contribution in [0.4, 0.5) is 0 Å². The van der Waals surface area contributed by atoms with Gasteiger partial charge >= 0.3 is 0 Å². The van der Waals surface area contributed by atoms with Crippen LogP contribution in [0.25, 0.3) is 0 Å². The average molecular weight is 574 g/mol. The first kappa shape index (κ1) is 25.4. The molecule has 1 N–H and O–H groups in total. The lowest BCUT2D eigenvalue weighted by Gasteiger charge is -2.13. The third-order valence-electron chi connectivity index (χ3n) is 4.66. The molecule has 1 amide bonds. The van der Waals surface area contributed by atoms with Gasteiger partial charge in [-0.15, -0.1) is 0 Å². The molecule has 0 saturated heterocycles. The molecule has 34 heavy (non-hydrogen) atoms. The topological polar surface area (TPSA) is 78.4 Å². The molecule has 7 nitrogen and oxygen atoms in total. The molecule has 0 saturated carbocycles. The van der Waals surface area contributed by atoms with Gasteiger partial charge in [0.1, 0.15) is 6.61 Å². The molecule has 0 spiro atoms. The highest BCUT2D eigenvalue weighted by atomic mass is 127. The summed E-state index contributed by atoms with van der Waals surface area (Å²) >= 11 is 2.19. The Labute approximate surface area is 213 Å². The van der Waals surface area contributed by atoms with E-state index in [0.717, 1.165) is 14.7 Å². The number of hydrazone groups is 1. The molecule has 3 rings (SSSR count). The van der Waals surface area contributed by atoms with Gasteiger partial charge in [0.15, 0.2) is 23.0 Å². The second-order valence-corrected chi connectivity index (χ2v) is 8.20. The van der Waals surface area contributed by atoms with Gasteiger partial charge < -0.3 is 18.9 Å². The molecule has 0 bridgehead atoms. The van der Waals surface area contributed by atoms with Gasteiger partial charge in [0.2, 0.25) is 0 Å². The Morgan fingerprint density at radius 2 is 1.71 bits per heavy atom. The van der Waals surface area contributed by atoms with E-state index in [1.807, 2.05) is 56.3 Å². The van der Waals surface area contributed by atoms with Crippen LogP contribution in [0.2, 0.25) is 0 Å². The molecule has 0 fully saturated rings. The Hall–Kier alpha value is -3.27. The summed E-state index contributed by atoms with van der Waals surface area (Å²) in [6, 6.07) is 18.6. The largest absolute Gasteiger partial charge is 0.493 e. The fourth-order valence-electron chi connectivity index (χ4n) is 3.10. The van der Waals surface area contributed by atoms with E-state index < -0.39 is 0 Å². The van der Waals surface area contributed by atoms with Crippen molar-refractivity contribution in [2.45, 2.75) is 20.5 Å². The fourth-order valence-corrected chi connectivity index (χ4v) is 3.88. The molecule has 0 heterocycles. The maximum absolute atomic E-state index is 12.6. The Morgan fingerprint density at radius 3 is 2.41 bits per heavy atom. The number of benzene rings is 3. The van der Waals surface area contributed by atoms with Crippen molar-refractivity contribution < 1.29 is 23.7 Å². The summed E-state index contributed by atoms with van der Waals surface area (Å²) in [5.74, 6) is 2.00. The molecule has 0 unspecified atom stereocenters. The van der Waals surface area contributed by atoms with Gasteiger partial charge in [0, 0.05) is 5.56 Å². The summed E-state index contributed by atoms with van der Waals surface area (Å²) < 4.78 is 23.5. The smallest absolute Gasteiger partial charge is 0.271 e. The van der Waals surface area contributed by atoms with Crippen LogP contribution >= 0.6 is 22.6 Å². The molecule has 0 aromatic heterocycles. The van der Waals surface area contributed by atoms with Crippen molar-refractivity contribution in [2.24, 2.45) is 5.10 Å². The van der Waals surface area contributed by atoms with Gasteiger partial charge in [-0.25, -0.2) is 5.43 Å². The number of amides is 1. The van der Waals surface area contributed by atoms with Crippen LogP contribution in [0.3, 0.4) is 0 Å². The van der Waals surface area contributed by atoms with E-state index in [1.54, 1.807) is 24.4 Å². The minimum Gasteiger partial charge on any atom is -0.493 e. The van der Waals surface area contributed by atoms with Crippen LogP contribution in [-0.4, -0.2) is 32.4 Å². The number of hydrogen-bond donors (Lipinski definition) is 1. The summed E-state index contributed by atoms with van der Waals surface area (Å²) in [5, 5.41) is 4.09. The van der Waals surface area contributed by atoms with E-state index in [2.05, 4.69) is 33.1 Å². The van der Waals surface area contributed by atoms with Crippen molar-refractivity contribution in [3.05, 3.63) is 80.9 Å². The molecule has 178 valence electrons. The highest BCUT2D eigenvalue weighted by Crippen LogP contribution is 2.34. The predicted molar refractivity (Wildman–Crippen MR) is 140 cm³/mol. The zero-order valence-corrected chi connectivity index (χ0v) is 21.5. The number of nitrogens with zero attached hydrogens (tertiary/aromatic N) is 1. The first-order valence-corrected chi connectivity index (χ1v) is 11.9. The molecular weight excluding hydrogens is 547 g/mol. The van der Waals surface area contributed by atoms with E-state index in [4.69, 9.17) is 18.9 Å². The SMILES string of the molecule is CCOc1cc(/C=N/NC(=O)c2ccc(OCc3ccccc3)c(OC)c2)cc(I)c1OCC. The van der Waals surface area contributed by atoms with Crippen molar-refractivity contribution in [1.82, 2.24) is 5.43 Å². The molecular formula is C26H27IN2O5. The van der Waals surface area contributed by atoms with Gasteiger partial charge in [0.05, 0.1) is 30.1 Å². The molecule has 0 aliphatic rings. The van der Waals surface area contributed by atoms with Gasteiger partial charge in [0.25, 0.3) is 5.91 Å².